The summed E-state index contributed by atoms with van der Waals surface area (Å²) in [5.41, 5.74) is 2.51. The number of esters is 1. The van der Waals surface area contributed by atoms with E-state index in [0.717, 1.165) is 16.8 Å². The summed E-state index contributed by atoms with van der Waals surface area (Å²) in [6.07, 6.45) is 0.682. The van der Waals surface area contributed by atoms with Crippen LogP contribution in [0.15, 0.2) is 42.5 Å². The van der Waals surface area contributed by atoms with Gasteiger partial charge in [0.2, 0.25) is 5.91 Å². The summed E-state index contributed by atoms with van der Waals surface area (Å²) in [4.78, 5) is 24.6. The first-order valence-electron chi connectivity index (χ1n) is 7.36. The Morgan fingerprint density at radius 2 is 2.09 bits per heavy atom. The molecule has 2 aliphatic rings. The molecule has 2 atom stereocenters. The third-order valence-electron chi connectivity index (χ3n) is 4.82. The molecule has 1 heterocycles. The lowest BCUT2D eigenvalue weighted by Gasteiger charge is -2.11. The van der Waals surface area contributed by atoms with Gasteiger partial charge < -0.3 is 10.1 Å². The number of methoxy groups -OCH3 is 1. The van der Waals surface area contributed by atoms with Crippen molar-refractivity contribution in [2.45, 2.75) is 17.8 Å². The molecule has 1 aliphatic heterocycles. The minimum atomic E-state index is -0.593. The van der Waals surface area contributed by atoms with Gasteiger partial charge in [0.1, 0.15) is 0 Å². The molecule has 1 amide bonds. The average molecular weight is 328 g/mol. The zero-order valence-electron chi connectivity index (χ0n) is 12.4. The lowest BCUT2D eigenvalue weighted by atomic mass is 9.90. The molecule has 0 bridgehead atoms. The van der Waals surface area contributed by atoms with Crippen molar-refractivity contribution >= 4 is 29.2 Å². The molecule has 0 radical (unpaired) electrons. The smallest absolute Gasteiger partial charge is 0.338 e. The van der Waals surface area contributed by atoms with Gasteiger partial charge in [0.25, 0.3) is 0 Å². The number of nitrogens with one attached hydrogen (secondary N) is 1. The first-order valence-corrected chi connectivity index (χ1v) is 7.74. The first-order chi connectivity index (χ1) is 11.1. The molecule has 0 aromatic heterocycles. The minimum Gasteiger partial charge on any atom is -0.465 e. The number of fused-ring (bicyclic) bond motifs is 2. The van der Waals surface area contributed by atoms with Crippen LogP contribution in [0.25, 0.3) is 0 Å². The molecule has 0 saturated heterocycles. The zero-order chi connectivity index (χ0) is 16.2. The van der Waals surface area contributed by atoms with E-state index in [1.807, 2.05) is 18.2 Å². The minimum absolute atomic E-state index is 0.0276. The molecule has 4 nitrogen and oxygen atoms in total. The maximum Gasteiger partial charge on any atom is 0.338 e. The molecule has 2 aromatic carbocycles. The topological polar surface area (TPSA) is 55.4 Å². The maximum atomic E-state index is 12.6. The van der Waals surface area contributed by atoms with Gasteiger partial charge >= 0.3 is 5.97 Å². The Labute approximate surface area is 138 Å². The van der Waals surface area contributed by atoms with Gasteiger partial charge in [-0.2, -0.15) is 0 Å². The van der Waals surface area contributed by atoms with Crippen molar-refractivity contribution in [1.29, 1.82) is 0 Å². The summed E-state index contributed by atoms with van der Waals surface area (Å²) < 4.78 is 4.86. The number of carbonyl (C=O) groups is 2. The van der Waals surface area contributed by atoms with Gasteiger partial charge in [-0.1, -0.05) is 35.9 Å². The van der Waals surface area contributed by atoms with E-state index in [9.17, 15) is 9.59 Å². The second kappa shape index (κ2) is 4.83. The summed E-state index contributed by atoms with van der Waals surface area (Å²) in [7, 11) is 1.36. The number of halogens is 1. The van der Waals surface area contributed by atoms with Crippen LogP contribution in [0.5, 0.6) is 0 Å². The summed E-state index contributed by atoms with van der Waals surface area (Å²) >= 11 is 6.01. The van der Waals surface area contributed by atoms with Crippen LogP contribution in [0.1, 0.15) is 33.8 Å². The SMILES string of the molecule is COC(=O)c1ccccc1C1CC12C(=O)Nc1cc(Cl)ccc12. The zero-order valence-corrected chi connectivity index (χ0v) is 13.2. The second-order valence-corrected chi connectivity index (χ2v) is 6.39. The molecule has 23 heavy (non-hydrogen) atoms. The molecule has 1 aliphatic carbocycles. The van der Waals surface area contributed by atoms with Crippen molar-refractivity contribution in [2.24, 2.45) is 0 Å². The van der Waals surface area contributed by atoms with Gasteiger partial charge in [0.15, 0.2) is 0 Å². The van der Waals surface area contributed by atoms with Crippen molar-refractivity contribution in [3.8, 4) is 0 Å². The highest BCUT2D eigenvalue weighted by molar-refractivity contribution is 6.31. The fourth-order valence-electron chi connectivity index (χ4n) is 3.65. The second-order valence-electron chi connectivity index (χ2n) is 5.95. The highest BCUT2D eigenvalue weighted by Gasteiger charge is 2.65. The van der Waals surface area contributed by atoms with Crippen molar-refractivity contribution in [3.05, 3.63) is 64.2 Å². The van der Waals surface area contributed by atoms with Gasteiger partial charge in [0, 0.05) is 16.6 Å². The van der Waals surface area contributed by atoms with Crippen LogP contribution in [0.4, 0.5) is 5.69 Å². The Morgan fingerprint density at radius 3 is 2.87 bits per heavy atom. The van der Waals surface area contributed by atoms with Gasteiger partial charge in [-0.05, 0) is 35.7 Å². The molecular formula is C18H14ClNO3. The molecule has 1 spiro atoms. The number of hydrogen-bond acceptors (Lipinski definition) is 3. The summed E-state index contributed by atoms with van der Waals surface area (Å²) in [6, 6.07) is 12.8. The predicted octanol–water partition coefficient (Wildman–Crippen LogP) is 3.50. The fourth-order valence-corrected chi connectivity index (χ4v) is 3.82. The Morgan fingerprint density at radius 1 is 1.30 bits per heavy atom. The van der Waals surface area contributed by atoms with Crippen molar-refractivity contribution in [3.63, 3.8) is 0 Å². The number of amides is 1. The predicted molar refractivity (Wildman–Crippen MR) is 86.9 cm³/mol. The van der Waals surface area contributed by atoms with Crippen LogP contribution in [0.2, 0.25) is 5.02 Å². The van der Waals surface area contributed by atoms with E-state index >= 15 is 0 Å². The Hall–Kier alpha value is -2.33. The third kappa shape index (κ3) is 1.91. The lowest BCUT2D eigenvalue weighted by Crippen LogP contribution is -2.21. The molecule has 5 heteroatoms. The summed E-state index contributed by atoms with van der Waals surface area (Å²) in [5, 5.41) is 3.50. The first kappa shape index (κ1) is 14.3. The summed E-state index contributed by atoms with van der Waals surface area (Å²) in [5.74, 6) is -0.433. The highest BCUT2D eigenvalue weighted by atomic mass is 35.5. The molecule has 1 fully saturated rings. The monoisotopic (exact) mass is 327 g/mol. The number of ether oxygens (including phenoxy) is 1. The number of anilines is 1. The molecule has 2 aromatic rings. The van der Waals surface area contributed by atoms with Crippen molar-refractivity contribution in [1.82, 2.24) is 0 Å². The van der Waals surface area contributed by atoms with Crippen molar-refractivity contribution in [2.75, 3.05) is 12.4 Å². The maximum absolute atomic E-state index is 12.6. The van der Waals surface area contributed by atoms with Crippen LogP contribution in [-0.4, -0.2) is 19.0 Å². The van der Waals surface area contributed by atoms with Crippen LogP contribution in [0, 0.1) is 0 Å². The lowest BCUT2D eigenvalue weighted by molar-refractivity contribution is -0.118. The van der Waals surface area contributed by atoms with Crippen molar-refractivity contribution < 1.29 is 14.3 Å². The normalized spacial score (nSPS) is 24.3. The van der Waals surface area contributed by atoms with E-state index in [-0.39, 0.29) is 17.8 Å². The molecule has 2 unspecified atom stereocenters. The molecule has 1 N–H and O–H groups in total. The quantitative estimate of drug-likeness (QED) is 0.859. The Kier molecular flexibility index (Phi) is 3.00. The highest BCUT2D eigenvalue weighted by Crippen LogP contribution is 2.65. The molecule has 1 saturated carbocycles. The van der Waals surface area contributed by atoms with E-state index in [2.05, 4.69) is 5.32 Å². The van der Waals surface area contributed by atoms with Crippen LogP contribution in [0.3, 0.4) is 0 Å². The van der Waals surface area contributed by atoms with Crippen LogP contribution >= 0.6 is 11.6 Å². The Bertz CT molecular complexity index is 848. The number of rotatable bonds is 2. The average Bonchev–Trinajstić information content (AvgIpc) is 3.24. The van der Waals surface area contributed by atoms with E-state index < -0.39 is 5.41 Å². The van der Waals surface area contributed by atoms with Gasteiger partial charge in [-0.25, -0.2) is 4.79 Å². The largest absolute Gasteiger partial charge is 0.465 e. The fraction of sp³-hybridized carbons (Fsp3) is 0.222. The molecule has 116 valence electrons. The van der Waals surface area contributed by atoms with E-state index in [0.29, 0.717) is 17.0 Å². The van der Waals surface area contributed by atoms with Crippen LogP contribution in [-0.2, 0) is 14.9 Å². The number of benzene rings is 2. The van der Waals surface area contributed by atoms with Crippen LogP contribution < -0.4 is 5.32 Å². The number of hydrogen-bond donors (Lipinski definition) is 1. The van der Waals surface area contributed by atoms with E-state index in [1.54, 1.807) is 24.3 Å². The third-order valence-corrected chi connectivity index (χ3v) is 5.05. The van der Waals surface area contributed by atoms with Gasteiger partial charge in [-0.15, -0.1) is 0 Å². The van der Waals surface area contributed by atoms with E-state index in [4.69, 9.17) is 16.3 Å². The van der Waals surface area contributed by atoms with Gasteiger partial charge in [-0.3, -0.25) is 4.79 Å². The van der Waals surface area contributed by atoms with Gasteiger partial charge in [0.05, 0.1) is 18.1 Å². The standard InChI is InChI=1S/C18H14ClNO3/c1-23-16(21)12-5-3-2-4-11(12)14-9-18(14)13-7-6-10(19)8-15(13)20-17(18)22/h2-8,14H,9H2,1H3,(H,20,22). The summed E-state index contributed by atoms with van der Waals surface area (Å²) in [6.45, 7) is 0. The Balaban J connectivity index is 1.80. The van der Waals surface area contributed by atoms with E-state index in [1.165, 1.54) is 7.11 Å². The molecule has 4 rings (SSSR count). The number of carbonyl (C=O) groups excluding carboxylic acids is 2. The molecular weight excluding hydrogens is 314 g/mol.